The molecule has 1 fully saturated rings. The molecule has 0 bridgehead atoms. The first-order valence-corrected chi connectivity index (χ1v) is 8.48. The van der Waals surface area contributed by atoms with Gasteiger partial charge in [-0.05, 0) is 31.4 Å². The minimum Gasteiger partial charge on any atom is -0.389 e. The van der Waals surface area contributed by atoms with Gasteiger partial charge in [-0.15, -0.1) is 11.3 Å². The highest BCUT2D eigenvalue weighted by Gasteiger charge is 2.28. The molecule has 2 N–H and O–H groups in total. The van der Waals surface area contributed by atoms with Gasteiger partial charge in [0.05, 0.1) is 14.3 Å². The van der Waals surface area contributed by atoms with Crippen LogP contribution in [-0.2, 0) is 0 Å². The van der Waals surface area contributed by atoms with Crippen LogP contribution in [0.1, 0.15) is 57.1 Å². The van der Waals surface area contributed by atoms with Gasteiger partial charge in [-0.2, -0.15) is 0 Å². The average Bonchev–Trinajstić information content (AvgIpc) is 2.58. The molecule has 1 unspecified atom stereocenters. The van der Waals surface area contributed by atoms with Crippen molar-refractivity contribution in [3.8, 4) is 0 Å². The fraction of sp³-hybridized carbons (Fsp3) is 0.714. The molecular formula is C14H21Cl2NOS. The highest BCUT2D eigenvalue weighted by atomic mass is 35.5. The fourth-order valence-electron chi connectivity index (χ4n) is 2.66. The van der Waals surface area contributed by atoms with Crippen molar-refractivity contribution in [1.82, 2.24) is 5.32 Å². The second-order valence-corrected chi connectivity index (χ2v) is 7.81. The zero-order valence-corrected chi connectivity index (χ0v) is 13.5. The van der Waals surface area contributed by atoms with Gasteiger partial charge in [-0.1, -0.05) is 48.9 Å². The molecule has 1 aliphatic rings. The van der Waals surface area contributed by atoms with Crippen molar-refractivity contribution < 1.29 is 5.11 Å². The summed E-state index contributed by atoms with van der Waals surface area (Å²) in [5.41, 5.74) is 0.464. The van der Waals surface area contributed by atoms with Crippen LogP contribution in [0.5, 0.6) is 0 Å². The molecule has 0 saturated heterocycles. The van der Waals surface area contributed by atoms with Crippen molar-refractivity contribution in [2.45, 2.75) is 57.1 Å². The highest BCUT2D eigenvalue weighted by Crippen LogP contribution is 2.35. The molecule has 1 aromatic heterocycles. The van der Waals surface area contributed by atoms with Crippen molar-refractivity contribution in [3.63, 3.8) is 0 Å². The molecule has 0 radical (unpaired) electrons. The summed E-state index contributed by atoms with van der Waals surface area (Å²) in [5.74, 6) is 0. The predicted octanol–water partition coefficient (Wildman–Crippen LogP) is 4.79. The van der Waals surface area contributed by atoms with Crippen LogP contribution in [0.25, 0.3) is 0 Å². The van der Waals surface area contributed by atoms with E-state index in [1.165, 1.54) is 24.2 Å². The highest BCUT2D eigenvalue weighted by molar-refractivity contribution is 7.20. The topological polar surface area (TPSA) is 32.3 Å². The maximum Gasteiger partial charge on any atom is 0.0991 e. The molecule has 2 rings (SSSR count). The molecule has 1 atom stereocenters. The largest absolute Gasteiger partial charge is 0.389 e. The van der Waals surface area contributed by atoms with E-state index in [2.05, 4.69) is 12.2 Å². The lowest BCUT2D eigenvalue weighted by Gasteiger charge is -2.28. The molecule has 0 spiro atoms. The zero-order valence-electron chi connectivity index (χ0n) is 11.2. The normalized spacial score (nSPS) is 21.1. The second-order valence-electron chi connectivity index (χ2n) is 5.52. The molecule has 2 nitrogen and oxygen atoms in total. The third kappa shape index (κ3) is 4.33. The van der Waals surface area contributed by atoms with Crippen LogP contribution in [0.15, 0.2) is 6.07 Å². The van der Waals surface area contributed by atoms with Crippen LogP contribution in [0.4, 0.5) is 0 Å². The maximum absolute atomic E-state index is 10.6. The van der Waals surface area contributed by atoms with Crippen LogP contribution in [0.2, 0.25) is 8.67 Å². The van der Waals surface area contributed by atoms with Gasteiger partial charge < -0.3 is 10.4 Å². The smallest absolute Gasteiger partial charge is 0.0991 e. The lowest BCUT2D eigenvalue weighted by molar-refractivity contribution is 0.0231. The van der Waals surface area contributed by atoms with Crippen LogP contribution in [0, 0.1) is 0 Å². The minimum absolute atomic E-state index is 0.114. The van der Waals surface area contributed by atoms with Crippen molar-refractivity contribution in [3.05, 3.63) is 20.3 Å². The summed E-state index contributed by atoms with van der Waals surface area (Å²) in [6.07, 6.45) is 6.51. The SMILES string of the molecule is CC(NCC1(O)CCCCCC1)c1cc(Cl)sc1Cl. The van der Waals surface area contributed by atoms with Crippen LogP contribution >= 0.6 is 34.5 Å². The van der Waals surface area contributed by atoms with Crippen molar-refractivity contribution in [2.75, 3.05) is 6.54 Å². The van der Waals surface area contributed by atoms with Gasteiger partial charge in [0.15, 0.2) is 0 Å². The molecule has 1 aliphatic carbocycles. The molecular weight excluding hydrogens is 301 g/mol. The van der Waals surface area contributed by atoms with Crippen LogP contribution in [-0.4, -0.2) is 17.3 Å². The number of rotatable bonds is 4. The van der Waals surface area contributed by atoms with Gasteiger partial charge in [-0.3, -0.25) is 0 Å². The number of halogens is 2. The van der Waals surface area contributed by atoms with E-state index >= 15 is 0 Å². The zero-order chi connectivity index (χ0) is 13.9. The summed E-state index contributed by atoms with van der Waals surface area (Å²) in [5, 5.41) is 14.0. The molecule has 108 valence electrons. The third-order valence-electron chi connectivity index (χ3n) is 3.92. The lowest BCUT2D eigenvalue weighted by Crippen LogP contribution is -2.41. The Kier molecular flexibility index (Phi) is 5.55. The molecule has 1 aromatic rings. The van der Waals surface area contributed by atoms with Crippen molar-refractivity contribution in [1.29, 1.82) is 0 Å². The number of hydrogen-bond donors (Lipinski definition) is 2. The van der Waals surface area contributed by atoms with E-state index in [0.29, 0.717) is 10.9 Å². The Bertz CT molecular complexity index is 414. The minimum atomic E-state index is -0.558. The summed E-state index contributed by atoms with van der Waals surface area (Å²) in [6, 6.07) is 2.02. The van der Waals surface area contributed by atoms with E-state index < -0.39 is 5.60 Å². The van der Waals surface area contributed by atoms with E-state index in [1.807, 2.05) is 6.07 Å². The molecule has 0 aromatic carbocycles. The van der Waals surface area contributed by atoms with Gasteiger partial charge in [0.1, 0.15) is 0 Å². The number of nitrogens with one attached hydrogen (secondary N) is 1. The Morgan fingerprint density at radius 1 is 1.32 bits per heavy atom. The Hall–Kier alpha value is 0.200. The maximum atomic E-state index is 10.6. The van der Waals surface area contributed by atoms with Crippen LogP contribution in [0.3, 0.4) is 0 Å². The van der Waals surface area contributed by atoms with Gasteiger partial charge in [0.25, 0.3) is 0 Å². The monoisotopic (exact) mass is 321 g/mol. The summed E-state index contributed by atoms with van der Waals surface area (Å²) in [4.78, 5) is 0. The molecule has 0 amide bonds. The van der Waals surface area contributed by atoms with E-state index in [1.54, 1.807) is 0 Å². The summed E-state index contributed by atoms with van der Waals surface area (Å²) in [6.45, 7) is 2.68. The van der Waals surface area contributed by atoms with Gasteiger partial charge >= 0.3 is 0 Å². The average molecular weight is 322 g/mol. The van der Waals surface area contributed by atoms with Gasteiger partial charge in [0, 0.05) is 12.6 Å². The first kappa shape index (κ1) is 15.6. The van der Waals surface area contributed by atoms with E-state index in [-0.39, 0.29) is 6.04 Å². The first-order chi connectivity index (χ1) is 9.00. The Morgan fingerprint density at radius 2 is 1.95 bits per heavy atom. The lowest BCUT2D eigenvalue weighted by atomic mass is 9.94. The number of hydrogen-bond acceptors (Lipinski definition) is 3. The first-order valence-electron chi connectivity index (χ1n) is 6.91. The van der Waals surface area contributed by atoms with Gasteiger partial charge in [0.2, 0.25) is 0 Å². The molecule has 1 saturated carbocycles. The van der Waals surface area contributed by atoms with E-state index in [9.17, 15) is 5.11 Å². The Morgan fingerprint density at radius 3 is 2.47 bits per heavy atom. The van der Waals surface area contributed by atoms with Crippen LogP contribution < -0.4 is 5.32 Å². The molecule has 19 heavy (non-hydrogen) atoms. The summed E-state index contributed by atoms with van der Waals surface area (Å²) in [7, 11) is 0. The Labute approximate surface area is 129 Å². The number of thiophene rings is 1. The quantitative estimate of drug-likeness (QED) is 0.781. The standard InChI is InChI=1S/C14H21Cl2NOS/c1-10(11-8-12(15)19-13(11)16)17-9-14(18)6-4-2-3-5-7-14/h8,10,17-18H,2-7,9H2,1H3. The molecule has 0 aliphatic heterocycles. The van der Waals surface area contributed by atoms with Crippen molar-refractivity contribution >= 4 is 34.5 Å². The van der Waals surface area contributed by atoms with Crippen molar-refractivity contribution in [2.24, 2.45) is 0 Å². The summed E-state index contributed by atoms with van der Waals surface area (Å²) >= 11 is 13.5. The molecule has 5 heteroatoms. The molecule has 1 heterocycles. The van der Waals surface area contributed by atoms with Gasteiger partial charge in [-0.25, -0.2) is 0 Å². The summed E-state index contributed by atoms with van der Waals surface area (Å²) < 4.78 is 1.44. The fourth-order valence-corrected chi connectivity index (χ4v) is 4.31. The number of aliphatic hydroxyl groups is 1. The predicted molar refractivity (Wildman–Crippen MR) is 83.4 cm³/mol. The second kappa shape index (κ2) is 6.77. The van der Waals surface area contributed by atoms with E-state index in [0.717, 1.165) is 35.6 Å². The van der Waals surface area contributed by atoms with E-state index in [4.69, 9.17) is 23.2 Å². The third-order valence-corrected chi connectivity index (χ3v) is 5.44. The Balaban J connectivity index is 1.92.